The van der Waals surface area contributed by atoms with E-state index >= 15 is 0 Å². The van der Waals surface area contributed by atoms with Crippen molar-refractivity contribution in [2.45, 2.75) is 98.5 Å². The number of H-pyrrole nitrogens is 1. The molecule has 0 spiro atoms. The number of ether oxygens (including phenoxy) is 4. The Labute approximate surface area is 417 Å². The fourth-order valence-corrected chi connectivity index (χ4v) is 12.0. The molecule has 6 aromatic rings. The number of phenols is 2. The Hall–Kier alpha value is -6.94. The second-order valence-corrected chi connectivity index (χ2v) is 19.7. The van der Waals surface area contributed by atoms with Crippen LogP contribution in [0.15, 0.2) is 117 Å². The molecular formula is C54H56N4O15. The zero-order valence-corrected chi connectivity index (χ0v) is 39.4. The van der Waals surface area contributed by atoms with Crippen LogP contribution in [-0.2, 0) is 28.0 Å². The lowest BCUT2D eigenvalue weighted by atomic mass is 9.56. The maximum absolute atomic E-state index is 14.3. The third-order valence-corrected chi connectivity index (χ3v) is 15.5. The smallest absolute Gasteiger partial charge is 0.336 e. The predicted octanol–water partition coefficient (Wildman–Crippen LogP) is 3.75. The van der Waals surface area contributed by atoms with Gasteiger partial charge in [0, 0.05) is 48.6 Å². The van der Waals surface area contributed by atoms with E-state index in [4.69, 9.17) is 29.1 Å². The van der Waals surface area contributed by atoms with E-state index in [0.29, 0.717) is 79.1 Å². The first-order valence-electron chi connectivity index (χ1n) is 24.4. The Morgan fingerprint density at radius 1 is 0.932 bits per heavy atom. The van der Waals surface area contributed by atoms with Crippen LogP contribution < -0.4 is 36.0 Å². The maximum atomic E-state index is 14.3. The molecule has 73 heavy (non-hydrogen) atoms. The van der Waals surface area contributed by atoms with E-state index in [0.717, 1.165) is 11.1 Å². The third-order valence-electron chi connectivity index (χ3n) is 15.5. The van der Waals surface area contributed by atoms with Crippen molar-refractivity contribution in [3.63, 3.8) is 0 Å². The number of aromatic nitrogens is 1. The van der Waals surface area contributed by atoms with Gasteiger partial charge in [-0.15, -0.1) is 0 Å². The lowest BCUT2D eigenvalue weighted by Gasteiger charge is -2.60. The third kappa shape index (κ3) is 8.07. The summed E-state index contributed by atoms with van der Waals surface area (Å²) in [5.41, 5.74) is 2.36. The monoisotopic (exact) mass is 1000 g/mol. The van der Waals surface area contributed by atoms with Crippen LogP contribution in [0, 0.1) is 5.92 Å². The Balaban J connectivity index is 1.04. The molecule has 11 rings (SSSR count). The highest BCUT2D eigenvalue weighted by atomic mass is 16.7. The van der Waals surface area contributed by atoms with Crippen molar-refractivity contribution in [3.05, 3.63) is 141 Å². The summed E-state index contributed by atoms with van der Waals surface area (Å²) in [6.45, 7) is 0.114. The zero-order chi connectivity index (χ0) is 51.0. The molecule has 4 aromatic carbocycles. The number of nitrogens with one attached hydrogen (secondary N) is 3. The van der Waals surface area contributed by atoms with E-state index in [9.17, 15) is 50.4 Å². The van der Waals surface area contributed by atoms with Gasteiger partial charge >= 0.3 is 5.97 Å². The summed E-state index contributed by atoms with van der Waals surface area (Å²) in [4.78, 5) is 30.6. The predicted molar refractivity (Wildman–Crippen MR) is 262 cm³/mol. The molecule has 4 heterocycles. The summed E-state index contributed by atoms with van der Waals surface area (Å²) in [5, 5.41) is 100. The molecule has 2 aromatic heterocycles. The van der Waals surface area contributed by atoms with Crippen LogP contribution in [0.25, 0.3) is 22.3 Å². The summed E-state index contributed by atoms with van der Waals surface area (Å²) in [6, 6.07) is 25.3. The molecule has 0 radical (unpaired) electrons. The minimum atomic E-state index is -2.62. The number of rotatable bonds is 13. The van der Waals surface area contributed by atoms with Crippen molar-refractivity contribution in [1.29, 1.82) is 0 Å². The van der Waals surface area contributed by atoms with Gasteiger partial charge in [0.2, 0.25) is 12.0 Å². The van der Waals surface area contributed by atoms with Crippen molar-refractivity contribution < 1.29 is 69.0 Å². The molecule has 1 saturated carbocycles. The van der Waals surface area contributed by atoms with E-state index in [-0.39, 0.29) is 46.8 Å². The molecule has 5 aliphatic rings. The minimum Gasteiger partial charge on any atom is -0.508 e. The van der Waals surface area contributed by atoms with E-state index in [1.54, 1.807) is 48.5 Å². The van der Waals surface area contributed by atoms with E-state index < -0.39 is 89.0 Å². The van der Waals surface area contributed by atoms with Gasteiger partial charge < -0.3 is 80.3 Å². The number of nitrogens with two attached hydrogens (primary N) is 1. The molecule has 0 unspecified atom stereocenters. The number of aliphatic hydroxyl groups excluding tert-OH is 3. The van der Waals surface area contributed by atoms with Crippen molar-refractivity contribution in [3.8, 4) is 40.1 Å². The van der Waals surface area contributed by atoms with E-state index in [1.165, 1.54) is 24.3 Å². The van der Waals surface area contributed by atoms with Crippen LogP contribution in [0.2, 0.25) is 0 Å². The van der Waals surface area contributed by atoms with Crippen LogP contribution in [0.5, 0.6) is 28.7 Å². The molecule has 2 aliphatic heterocycles. The molecule has 382 valence electrons. The number of aromatic amines is 1. The first-order valence-corrected chi connectivity index (χ1v) is 24.4. The lowest BCUT2D eigenvalue weighted by molar-refractivity contribution is -0.348. The first-order chi connectivity index (χ1) is 35.1. The van der Waals surface area contributed by atoms with Crippen LogP contribution in [0.1, 0.15) is 60.6 Å². The zero-order valence-electron chi connectivity index (χ0n) is 39.4. The first kappa shape index (κ1) is 48.3. The molecule has 0 amide bonds. The molecular weight excluding hydrogens is 945 g/mol. The number of carbonyl (C=O) groups is 1. The standard InChI is InChI=1S/C54H56N4O15/c55-42-17-16-35(58-42)45(62)41(25-59)69-32-13-10-28(11-14-32)38-22-37(61)43-39(70-38)23-40(47(46(43)63)73-52(18-3-4-19-52)30-8-5-9-31(60)21-30)71-51-53(67)34-15-12-27-6-1-2-7-29(27)20-33(34)44(36-24-56-26-57-36)54(68,50(53)66)48(72-51)49(64)65/h1-2,5-11,13-14,16-17,21-23,36,41,44-45,48,50-51,56-60,62-63,66-68H,3-4,12,15,18-20,24-26,55H2,(H,64,65)/t36-,41+,44-,45-,48-,50+,51-,53-,54+/m1/s1. The second-order valence-electron chi connectivity index (χ2n) is 19.7. The molecule has 19 heteroatoms. The summed E-state index contributed by atoms with van der Waals surface area (Å²) < 4.78 is 32.1. The Bertz CT molecular complexity index is 3180. The normalized spacial score (nSPS) is 27.2. The average Bonchev–Trinajstić information content (AvgIpc) is 4.16. The van der Waals surface area contributed by atoms with Crippen LogP contribution in [-0.4, -0.2) is 113 Å². The number of anilines is 1. The van der Waals surface area contributed by atoms with Crippen LogP contribution in [0.4, 0.5) is 5.82 Å². The maximum Gasteiger partial charge on any atom is 0.336 e. The minimum absolute atomic E-state index is 0.0239. The van der Waals surface area contributed by atoms with Gasteiger partial charge in [-0.05, 0) is 116 Å². The number of hydrogen-bond donors (Lipinski definition) is 12. The van der Waals surface area contributed by atoms with Crippen molar-refractivity contribution in [2.24, 2.45) is 5.92 Å². The van der Waals surface area contributed by atoms with Gasteiger partial charge in [-0.2, -0.15) is 0 Å². The van der Waals surface area contributed by atoms with Gasteiger partial charge in [0.05, 0.1) is 6.61 Å². The summed E-state index contributed by atoms with van der Waals surface area (Å²) >= 11 is 0. The summed E-state index contributed by atoms with van der Waals surface area (Å²) in [7, 11) is 0. The highest BCUT2D eigenvalue weighted by Gasteiger charge is 2.73. The van der Waals surface area contributed by atoms with Crippen molar-refractivity contribution in [1.82, 2.24) is 15.6 Å². The topological polar surface area (TPSA) is 312 Å². The molecule has 13 N–H and O–H groups in total. The number of aliphatic hydroxyl groups is 5. The highest BCUT2D eigenvalue weighted by molar-refractivity contribution is 5.90. The molecule has 9 atom stereocenters. The molecule has 2 bridgehead atoms. The Kier molecular flexibility index (Phi) is 12.3. The fourth-order valence-electron chi connectivity index (χ4n) is 12.0. The number of hydrogen-bond acceptors (Lipinski definition) is 17. The number of benzene rings is 4. The lowest BCUT2D eigenvalue weighted by Crippen LogP contribution is -2.81. The fraction of sp³-hybridized carbons (Fsp3) is 0.370. The van der Waals surface area contributed by atoms with Gasteiger partial charge in [0.25, 0.3) is 0 Å². The number of carboxylic acids is 1. The molecule has 19 nitrogen and oxygen atoms in total. The average molecular weight is 1000 g/mol. The number of aromatic hydroxyl groups is 2. The van der Waals surface area contributed by atoms with Gasteiger partial charge in [0.1, 0.15) is 57.5 Å². The molecule has 2 saturated heterocycles. The van der Waals surface area contributed by atoms with Crippen LogP contribution in [0.3, 0.4) is 0 Å². The van der Waals surface area contributed by atoms with Crippen molar-refractivity contribution in [2.75, 3.05) is 25.6 Å². The largest absolute Gasteiger partial charge is 0.508 e. The number of nitrogen functional groups attached to an aromatic ring is 1. The van der Waals surface area contributed by atoms with Crippen molar-refractivity contribution >= 4 is 22.8 Å². The number of fused-ring (bicyclic) bond motifs is 5. The molecule has 3 fully saturated rings. The second kappa shape index (κ2) is 18.5. The summed E-state index contributed by atoms with van der Waals surface area (Å²) in [6.07, 6.45) is -5.88. The number of aliphatic carboxylic acids is 1. The number of carboxylic acid groups (broad SMARTS) is 1. The van der Waals surface area contributed by atoms with Crippen LogP contribution >= 0.6 is 0 Å². The van der Waals surface area contributed by atoms with E-state index in [1.807, 2.05) is 24.3 Å². The Morgan fingerprint density at radius 2 is 1.70 bits per heavy atom. The van der Waals surface area contributed by atoms with Gasteiger partial charge in [0.15, 0.2) is 34.7 Å². The Morgan fingerprint density at radius 3 is 2.38 bits per heavy atom. The number of phenolic OH excluding ortho intramolecular Hbond substituents is 2. The quantitative estimate of drug-likeness (QED) is 0.0733. The molecule has 3 aliphatic carbocycles. The van der Waals surface area contributed by atoms with Gasteiger partial charge in [-0.1, -0.05) is 42.0 Å². The SMILES string of the molecule is Nc1ccc([C@@H](O)[C@H](CO)Oc2ccc(-c3cc(=O)c4c(O)c(OC5(c6cccc(O)c6)CCCC5)c(O[C@@H]5O[C@H](C(=O)O)[C@@]6(O)[C@@H]([C@H]7CNCN7)C7=C(CCc8ccccc8C7)[C@@]5(O)[C@@H]6O)cc4o3)cc2)[nH]1. The van der Waals surface area contributed by atoms with E-state index in [2.05, 4.69) is 15.6 Å². The van der Waals surface area contributed by atoms with Gasteiger partial charge in [-0.25, -0.2) is 4.79 Å². The van der Waals surface area contributed by atoms with Gasteiger partial charge in [-0.3, -0.25) is 10.1 Å². The summed E-state index contributed by atoms with van der Waals surface area (Å²) in [5.74, 6) is -3.63. The highest BCUT2D eigenvalue weighted by Crippen LogP contribution is 2.57. The number of aryl methyl sites for hydroxylation is 1.